The first kappa shape index (κ1) is 13.1. The first-order valence-corrected chi connectivity index (χ1v) is 7.36. The summed E-state index contributed by atoms with van der Waals surface area (Å²) in [5, 5.41) is 0. The zero-order valence-electron chi connectivity index (χ0n) is 11.9. The molecular formula is C19H20O. The van der Waals surface area contributed by atoms with Crippen LogP contribution in [0.3, 0.4) is 0 Å². The van der Waals surface area contributed by atoms with Crippen LogP contribution in [0.5, 0.6) is 0 Å². The third-order valence-electron chi connectivity index (χ3n) is 4.66. The van der Waals surface area contributed by atoms with Gasteiger partial charge in [-0.3, -0.25) is 4.79 Å². The van der Waals surface area contributed by atoms with Crippen LogP contribution >= 0.6 is 0 Å². The molecule has 20 heavy (non-hydrogen) atoms. The molecule has 0 aromatic heterocycles. The number of hydrogen-bond donors (Lipinski definition) is 0. The van der Waals surface area contributed by atoms with Crippen LogP contribution in [0, 0.1) is 5.92 Å². The van der Waals surface area contributed by atoms with Crippen molar-refractivity contribution in [2.45, 2.75) is 31.6 Å². The first-order chi connectivity index (χ1) is 9.72. The van der Waals surface area contributed by atoms with Crippen molar-refractivity contribution in [3.8, 4) is 0 Å². The molecule has 3 rings (SSSR count). The van der Waals surface area contributed by atoms with Gasteiger partial charge in [0.05, 0.1) is 0 Å². The molecule has 1 heteroatoms. The van der Waals surface area contributed by atoms with Gasteiger partial charge in [-0.1, -0.05) is 67.6 Å². The maximum absolute atomic E-state index is 11.9. The third-order valence-corrected chi connectivity index (χ3v) is 4.66. The van der Waals surface area contributed by atoms with Crippen molar-refractivity contribution in [3.63, 3.8) is 0 Å². The van der Waals surface area contributed by atoms with E-state index in [1.807, 2.05) is 0 Å². The average molecular weight is 264 g/mol. The number of carbonyl (C=O) groups is 1. The summed E-state index contributed by atoms with van der Waals surface area (Å²) in [4.78, 5) is 11.9. The molecule has 0 aliphatic heterocycles. The standard InChI is InChI=1S/C19H20O/c1-15-14-19(13-12-18(15)20,16-8-4-2-5-9-16)17-10-6-3-7-11-17/h2-11,15H,12-14H2,1H3. The van der Waals surface area contributed by atoms with Crippen LogP contribution in [-0.4, -0.2) is 5.78 Å². The lowest BCUT2D eigenvalue weighted by Gasteiger charge is -2.40. The van der Waals surface area contributed by atoms with E-state index >= 15 is 0 Å². The second-order valence-corrected chi connectivity index (χ2v) is 5.89. The minimum absolute atomic E-state index is 0.00412. The highest BCUT2D eigenvalue weighted by Gasteiger charge is 2.40. The van der Waals surface area contributed by atoms with E-state index in [0.717, 1.165) is 12.8 Å². The molecule has 0 heterocycles. The third kappa shape index (κ3) is 2.18. The zero-order chi connectivity index (χ0) is 14.0. The fourth-order valence-corrected chi connectivity index (χ4v) is 3.53. The fourth-order valence-electron chi connectivity index (χ4n) is 3.53. The van der Waals surface area contributed by atoms with Gasteiger partial charge < -0.3 is 0 Å². The Hall–Kier alpha value is -1.89. The molecule has 0 amide bonds. The fraction of sp³-hybridized carbons (Fsp3) is 0.316. The number of rotatable bonds is 2. The molecule has 0 bridgehead atoms. The predicted octanol–water partition coefficient (Wildman–Crippen LogP) is 4.36. The highest BCUT2D eigenvalue weighted by Crippen LogP contribution is 2.45. The van der Waals surface area contributed by atoms with E-state index in [9.17, 15) is 4.79 Å². The van der Waals surface area contributed by atoms with Gasteiger partial charge in [0.1, 0.15) is 5.78 Å². The van der Waals surface area contributed by atoms with Gasteiger partial charge in [-0.2, -0.15) is 0 Å². The topological polar surface area (TPSA) is 17.1 Å². The SMILES string of the molecule is CC1CC(c2ccccc2)(c2ccccc2)CCC1=O. The summed E-state index contributed by atoms with van der Waals surface area (Å²) in [5.74, 6) is 0.552. The Morgan fingerprint density at radius 2 is 1.40 bits per heavy atom. The van der Waals surface area contributed by atoms with Crippen molar-refractivity contribution >= 4 is 5.78 Å². The van der Waals surface area contributed by atoms with E-state index < -0.39 is 0 Å². The highest BCUT2D eigenvalue weighted by molar-refractivity contribution is 5.82. The monoisotopic (exact) mass is 264 g/mol. The molecule has 1 aliphatic carbocycles. The number of ketones is 1. The molecule has 1 atom stereocenters. The van der Waals surface area contributed by atoms with Crippen molar-refractivity contribution in [3.05, 3.63) is 71.8 Å². The Labute approximate surface area is 120 Å². The van der Waals surface area contributed by atoms with Crippen molar-refractivity contribution in [2.75, 3.05) is 0 Å². The van der Waals surface area contributed by atoms with Gasteiger partial charge in [-0.15, -0.1) is 0 Å². The van der Waals surface area contributed by atoms with Gasteiger partial charge in [0.15, 0.2) is 0 Å². The van der Waals surface area contributed by atoms with E-state index in [-0.39, 0.29) is 11.3 Å². The molecule has 1 aliphatic rings. The molecule has 102 valence electrons. The maximum Gasteiger partial charge on any atom is 0.135 e. The molecule has 0 radical (unpaired) electrons. The van der Waals surface area contributed by atoms with Gasteiger partial charge in [0.25, 0.3) is 0 Å². The summed E-state index contributed by atoms with van der Waals surface area (Å²) in [7, 11) is 0. The quantitative estimate of drug-likeness (QED) is 0.787. The van der Waals surface area contributed by atoms with E-state index in [2.05, 4.69) is 67.6 Å². The molecule has 0 saturated heterocycles. The number of Topliss-reactive ketones (excluding diaryl/α,β-unsaturated/α-hetero) is 1. The smallest absolute Gasteiger partial charge is 0.135 e. The van der Waals surface area contributed by atoms with Crippen LogP contribution in [0.15, 0.2) is 60.7 Å². The molecule has 0 spiro atoms. The van der Waals surface area contributed by atoms with Crippen molar-refractivity contribution < 1.29 is 4.79 Å². The molecule has 1 nitrogen and oxygen atoms in total. The largest absolute Gasteiger partial charge is 0.299 e. The van der Waals surface area contributed by atoms with E-state index in [4.69, 9.17) is 0 Å². The van der Waals surface area contributed by atoms with E-state index in [0.29, 0.717) is 12.2 Å². The number of carbonyl (C=O) groups excluding carboxylic acids is 1. The molecular weight excluding hydrogens is 244 g/mol. The van der Waals surface area contributed by atoms with Gasteiger partial charge in [0.2, 0.25) is 0 Å². The summed E-state index contributed by atoms with van der Waals surface area (Å²) >= 11 is 0. The Morgan fingerprint density at radius 3 is 1.85 bits per heavy atom. The van der Waals surface area contributed by atoms with Crippen molar-refractivity contribution in [1.82, 2.24) is 0 Å². The van der Waals surface area contributed by atoms with Crippen LogP contribution in [-0.2, 0) is 10.2 Å². The minimum atomic E-state index is -0.00412. The summed E-state index contributed by atoms with van der Waals surface area (Å²) in [6, 6.07) is 21.3. The lowest BCUT2D eigenvalue weighted by Crippen LogP contribution is -2.37. The van der Waals surface area contributed by atoms with Gasteiger partial charge in [-0.25, -0.2) is 0 Å². The molecule has 2 aromatic rings. The lowest BCUT2D eigenvalue weighted by molar-refractivity contribution is -0.125. The predicted molar refractivity (Wildman–Crippen MR) is 81.7 cm³/mol. The first-order valence-electron chi connectivity index (χ1n) is 7.36. The Morgan fingerprint density at radius 1 is 0.900 bits per heavy atom. The molecule has 1 saturated carbocycles. The van der Waals surface area contributed by atoms with E-state index in [1.165, 1.54) is 11.1 Å². The molecule has 0 N–H and O–H groups in total. The van der Waals surface area contributed by atoms with Crippen molar-refractivity contribution in [2.24, 2.45) is 5.92 Å². The Balaban J connectivity index is 2.11. The number of hydrogen-bond acceptors (Lipinski definition) is 1. The van der Waals surface area contributed by atoms with Crippen LogP contribution in [0.2, 0.25) is 0 Å². The maximum atomic E-state index is 11.9. The van der Waals surface area contributed by atoms with Gasteiger partial charge >= 0.3 is 0 Å². The van der Waals surface area contributed by atoms with Crippen LogP contribution in [0.4, 0.5) is 0 Å². The molecule has 1 unspecified atom stereocenters. The van der Waals surface area contributed by atoms with Crippen LogP contribution in [0.25, 0.3) is 0 Å². The summed E-state index contributed by atoms with van der Waals surface area (Å²) in [6.45, 7) is 2.07. The normalized spacial score (nSPS) is 21.6. The lowest BCUT2D eigenvalue weighted by atomic mass is 9.62. The van der Waals surface area contributed by atoms with Gasteiger partial charge in [-0.05, 0) is 24.0 Å². The second-order valence-electron chi connectivity index (χ2n) is 5.89. The minimum Gasteiger partial charge on any atom is -0.299 e. The number of benzene rings is 2. The summed E-state index contributed by atoms with van der Waals surface area (Å²) in [5.41, 5.74) is 2.67. The molecule has 2 aromatic carbocycles. The van der Waals surface area contributed by atoms with Gasteiger partial charge in [0, 0.05) is 17.8 Å². The zero-order valence-corrected chi connectivity index (χ0v) is 11.9. The summed E-state index contributed by atoms with van der Waals surface area (Å²) < 4.78 is 0. The summed E-state index contributed by atoms with van der Waals surface area (Å²) in [6.07, 6.45) is 2.52. The van der Waals surface area contributed by atoms with Crippen LogP contribution in [0.1, 0.15) is 37.3 Å². The Kier molecular flexibility index (Phi) is 3.43. The second kappa shape index (κ2) is 5.24. The van der Waals surface area contributed by atoms with E-state index in [1.54, 1.807) is 0 Å². The average Bonchev–Trinajstić information content (AvgIpc) is 2.52. The Bertz CT molecular complexity index is 546. The van der Waals surface area contributed by atoms with Crippen molar-refractivity contribution in [1.29, 1.82) is 0 Å². The van der Waals surface area contributed by atoms with Crippen LogP contribution < -0.4 is 0 Å². The highest BCUT2D eigenvalue weighted by atomic mass is 16.1. The molecule has 1 fully saturated rings.